The van der Waals surface area contributed by atoms with Crippen LogP contribution >= 0.6 is 0 Å². The predicted molar refractivity (Wildman–Crippen MR) is 66.5 cm³/mol. The molecule has 2 N–H and O–H groups in total. The summed E-state index contributed by atoms with van der Waals surface area (Å²) in [7, 11) is 0. The van der Waals surface area contributed by atoms with Crippen molar-refractivity contribution in [1.29, 1.82) is 0 Å². The molecular formula is C13H25NO2. The normalized spacial score (nSPS) is 19.6. The summed E-state index contributed by atoms with van der Waals surface area (Å²) in [6.45, 7) is 7.57. The van der Waals surface area contributed by atoms with Gasteiger partial charge in [-0.3, -0.25) is 0 Å². The highest BCUT2D eigenvalue weighted by Crippen LogP contribution is 2.20. The first kappa shape index (κ1) is 13.7. The van der Waals surface area contributed by atoms with E-state index in [0.717, 1.165) is 25.0 Å². The molecule has 1 rings (SSSR count). The van der Waals surface area contributed by atoms with E-state index in [1.165, 1.54) is 19.3 Å². The zero-order chi connectivity index (χ0) is 11.8. The average Bonchev–Trinajstić information content (AvgIpc) is 2.27. The maximum Gasteiger partial charge on any atom is 0.0897 e. The summed E-state index contributed by atoms with van der Waals surface area (Å²) in [6, 6.07) is 0. The Kier molecular flexibility index (Phi) is 6.69. The van der Waals surface area contributed by atoms with Gasteiger partial charge in [-0.15, -0.1) is 0 Å². The van der Waals surface area contributed by atoms with Crippen molar-refractivity contribution >= 4 is 0 Å². The fourth-order valence-corrected chi connectivity index (χ4v) is 1.99. The van der Waals surface area contributed by atoms with Crippen LogP contribution in [0.1, 0.15) is 39.0 Å². The lowest BCUT2D eigenvalue weighted by molar-refractivity contribution is -0.0227. The Morgan fingerprint density at radius 2 is 2.12 bits per heavy atom. The molecule has 0 bridgehead atoms. The van der Waals surface area contributed by atoms with Crippen LogP contribution in [0, 0.1) is 0 Å². The average molecular weight is 227 g/mol. The van der Waals surface area contributed by atoms with Crippen molar-refractivity contribution in [2.75, 3.05) is 19.7 Å². The Labute approximate surface area is 98.9 Å². The second-order valence-electron chi connectivity index (χ2n) is 4.84. The molecule has 0 aromatic heterocycles. The number of aliphatic hydroxyl groups excluding tert-OH is 1. The Morgan fingerprint density at radius 3 is 2.75 bits per heavy atom. The highest BCUT2D eigenvalue weighted by atomic mass is 16.5. The first-order valence-corrected chi connectivity index (χ1v) is 6.33. The molecule has 94 valence electrons. The van der Waals surface area contributed by atoms with Gasteiger partial charge in [0, 0.05) is 13.1 Å². The molecule has 0 aromatic carbocycles. The van der Waals surface area contributed by atoms with Gasteiger partial charge in [-0.1, -0.05) is 31.4 Å². The zero-order valence-corrected chi connectivity index (χ0v) is 10.4. The minimum absolute atomic E-state index is 0.379. The highest BCUT2D eigenvalue weighted by molar-refractivity contribution is 4.90. The second kappa shape index (κ2) is 7.82. The molecule has 0 heterocycles. The molecule has 0 saturated heterocycles. The number of rotatable bonds is 7. The number of hydrogen-bond donors (Lipinski definition) is 2. The van der Waals surface area contributed by atoms with Crippen molar-refractivity contribution in [3.8, 4) is 0 Å². The molecule has 3 nitrogen and oxygen atoms in total. The summed E-state index contributed by atoms with van der Waals surface area (Å²) in [4.78, 5) is 0. The number of ether oxygens (including phenoxy) is 1. The molecule has 0 spiro atoms. The van der Waals surface area contributed by atoms with Crippen molar-refractivity contribution in [3.63, 3.8) is 0 Å². The van der Waals surface area contributed by atoms with Gasteiger partial charge in [0.25, 0.3) is 0 Å². The smallest absolute Gasteiger partial charge is 0.0897 e. The second-order valence-corrected chi connectivity index (χ2v) is 4.84. The molecule has 1 unspecified atom stereocenters. The van der Waals surface area contributed by atoms with Gasteiger partial charge in [0.1, 0.15) is 0 Å². The van der Waals surface area contributed by atoms with Gasteiger partial charge >= 0.3 is 0 Å². The third-order valence-corrected chi connectivity index (χ3v) is 2.88. The number of nitrogens with one attached hydrogen (secondary N) is 1. The topological polar surface area (TPSA) is 41.5 Å². The summed E-state index contributed by atoms with van der Waals surface area (Å²) in [5.74, 6) is 0. The van der Waals surface area contributed by atoms with Crippen LogP contribution in [0.5, 0.6) is 0 Å². The van der Waals surface area contributed by atoms with Gasteiger partial charge in [-0.25, -0.2) is 0 Å². The Bertz CT molecular complexity index is 200. The molecule has 0 radical (unpaired) electrons. The number of hydrogen-bond acceptors (Lipinski definition) is 3. The molecular weight excluding hydrogens is 202 g/mol. The van der Waals surface area contributed by atoms with E-state index in [-0.39, 0.29) is 0 Å². The zero-order valence-electron chi connectivity index (χ0n) is 10.4. The Balaban J connectivity index is 2.00. The van der Waals surface area contributed by atoms with Crippen LogP contribution in [0.2, 0.25) is 0 Å². The van der Waals surface area contributed by atoms with E-state index in [4.69, 9.17) is 4.74 Å². The molecule has 16 heavy (non-hydrogen) atoms. The van der Waals surface area contributed by atoms with Crippen LogP contribution in [0.3, 0.4) is 0 Å². The summed E-state index contributed by atoms with van der Waals surface area (Å²) in [6.07, 6.45) is 6.18. The van der Waals surface area contributed by atoms with Crippen LogP contribution < -0.4 is 5.32 Å². The SMILES string of the molecule is C=C(C)CNCC(O)COC1CCCCC1. The molecule has 1 saturated carbocycles. The van der Waals surface area contributed by atoms with Crippen LogP contribution in [0.25, 0.3) is 0 Å². The molecule has 3 heteroatoms. The summed E-state index contributed by atoms with van der Waals surface area (Å²) >= 11 is 0. The predicted octanol–water partition coefficient (Wildman–Crippen LogP) is 1.86. The lowest BCUT2D eigenvalue weighted by atomic mass is 9.98. The third-order valence-electron chi connectivity index (χ3n) is 2.88. The van der Waals surface area contributed by atoms with E-state index in [1.807, 2.05) is 6.92 Å². The standard InChI is InChI=1S/C13H25NO2/c1-11(2)8-14-9-12(15)10-16-13-6-4-3-5-7-13/h12-15H,1,3-10H2,2H3. The van der Waals surface area contributed by atoms with Gasteiger partial charge in [0.05, 0.1) is 18.8 Å². The Hall–Kier alpha value is -0.380. The lowest BCUT2D eigenvalue weighted by Gasteiger charge is -2.23. The van der Waals surface area contributed by atoms with E-state index >= 15 is 0 Å². The molecule has 1 fully saturated rings. The van der Waals surface area contributed by atoms with Gasteiger partial charge in [-0.05, 0) is 19.8 Å². The van der Waals surface area contributed by atoms with Crippen molar-refractivity contribution in [2.45, 2.75) is 51.2 Å². The van der Waals surface area contributed by atoms with Crippen molar-refractivity contribution in [1.82, 2.24) is 5.32 Å². The fourth-order valence-electron chi connectivity index (χ4n) is 1.99. The summed E-state index contributed by atoms with van der Waals surface area (Å²) in [5.41, 5.74) is 1.08. The van der Waals surface area contributed by atoms with Crippen molar-refractivity contribution in [3.05, 3.63) is 12.2 Å². The van der Waals surface area contributed by atoms with Gasteiger partial charge in [0.2, 0.25) is 0 Å². The Morgan fingerprint density at radius 1 is 1.44 bits per heavy atom. The van der Waals surface area contributed by atoms with Crippen molar-refractivity contribution < 1.29 is 9.84 Å². The van der Waals surface area contributed by atoms with Crippen LogP contribution in [-0.2, 0) is 4.74 Å². The molecule has 0 amide bonds. The minimum Gasteiger partial charge on any atom is -0.389 e. The minimum atomic E-state index is -0.402. The van der Waals surface area contributed by atoms with E-state index in [9.17, 15) is 5.11 Å². The summed E-state index contributed by atoms with van der Waals surface area (Å²) in [5, 5.41) is 12.8. The maximum atomic E-state index is 9.68. The third kappa shape index (κ3) is 6.26. The van der Waals surface area contributed by atoms with Gasteiger partial charge in [0.15, 0.2) is 0 Å². The van der Waals surface area contributed by atoms with Crippen LogP contribution in [0.4, 0.5) is 0 Å². The molecule has 1 atom stereocenters. The first-order valence-electron chi connectivity index (χ1n) is 6.33. The summed E-state index contributed by atoms with van der Waals surface area (Å²) < 4.78 is 5.69. The quantitative estimate of drug-likeness (QED) is 0.652. The lowest BCUT2D eigenvalue weighted by Crippen LogP contribution is -2.33. The van der Waals surface area contributed by atoms with E-state index in [0.29, 0.717) is 19.3 Å². The highest BCUT2D eigenvalue weighted by Gasteiger charge is 2.15. The molecule has 0 aromatic rings. The molecule has 1 aliphatic carbocycles. The van der Waals surface area contributed by atoms with E-state index < -0.39 is 6.10 Å². The molecule has 1 aliphatic rings. The number of aliphatic hydroxyl groups is 1. The monoisotopic (exact) mass is 227 g/mol. The van der Waals surface area contributed by atoms with Crippen molar-refractivity contribution in [2.24, 2.45) is 0 Å². The van der Waals surface area contributed by atoms with Gasteiger partial charge in [-0.2, -0.15) is 0 Å². The maximum absolute atomic E-state index is 9.68. The van der Waals surface area contributed by atoms with Crippen LogP contribution in [-0.4, -0.2) is 37.0 Å². The van der Waals surface area contributed by atoms with Gasteiger partial charge < -0.3 is 15.2 Å². The van der Waals surface area contributed by atoms with E-state index in [2.05, 4.69) is 11.9 Å². The fraction of sp³-hybridized carbons (Fsp3) is 0.846. The molecule has 0 aliphatic heterocycles. The largest absolute Gasteiger partial charge is 0.389 e. The van der Waals surface area contributed by atoms with E-state index in [1.54, 1.807) is 0 Å². The van der Waals surface area contributed by atoms with Crippen LogP contribution in [0.15, 0.2) is 12.2 Å². The first-order chi connectivity index (χ1) is 7.68.